The van der Waals surface area contributed by atoms with Gasteiger partial charge in [0.15, 0.2) is 0 Å². The van der Waals surface area contributed by atoms with Crippen molar-refractivity contribution in [2.75, 3.05) is 10.8 Å². The first-order chi connectivity index (χ1) is 16.0. The average molecular weight is 530 g/mol. The highest BCUT2D eigenvalue weighted by Gasteiger charge is 2.32. The molecule has 1 N–H and O–H groups in total. The smallest absolute Gasteiger partial charge is 0.271 e. The number of nitrogens with zero attached hydrogens (tertiary/aromatic N) is 2. The molecule has 0 aliphatic rings. The Bertz CT molecular complexity index is 1320. The molecule has 178 valence electrons. The van der Waals surface area contributed by atoms with E-state index in [2.05, 4.69) is 5.10 Å². The number of anilines is 1. The van der Waals surface area contributed by atoms with Crippen LogP contribution >= 0.6 is 23.2 Å². The molecule has 0 saturated heterocycles. The van der Waals surface area contributed by atoms with Crippen LogP contribution in [0.4, 0.5) is 18.9 Å². The summed E-state index contributed by atoms with van der Waals surface area (Å²) >= 11 is 12.2. The number of benzene rings is 3. The average Bonchev–Trinajstić information content (AvgIpc) is 2.80. The van der Waals surface area contributed by atoms with Gasteiger partial charge in [-0.05, 0) is 30.3 Å². The highest BCUT2D eigenvalue weighted by atomic mass is 35.5. The zero-order valence-corrected chi connectivity index (χ0v) is 19.5. The van der Waals surface area contributed by atoms with Crippen molar-refractivity contribution in [3.8, 4) is 0 Å². The van der Waals surface area contributed by atoms with Crippen LogP contribution < -0.4 is 9.73 Å². The Morgan fingerprint density at radius 2 is 1.62 bits per heavy atom. The Morgan fingerprint density at radius 3 is 2.29 bits per heavy atom. The van der Waals surface area contributed by atoms with E-state index in [1.54, 1.807) is 6.07 Å². The van der Waals surface area contributed by atoms with E-state index in [0.29, 0.717) is 0 Å². The molecule has 0 heterocycles. The molecule has 3 rings (SSSR count). The van der Waals surface area contributed by atoms with Gasteiger partial charge in [-0.15, -0.1) is 0 Å². The molecule has 0 radical (unpaired) electrons. The SMILES string of the molecule is O=C(CN(c1cccc(Cl)c1Cl)S(=O)(=O)c1ccccc1)N/N=C\c1ccccc1C(F)(F)F. The number of hydrogen-bond acceptors (Lipinski definition) is 4. The van der Waals surface area contributed by atoms with Crippen molar-refractivity contribution in [3.63, 3.8) is 0 Å². The second kappa shape index (κ2) is 10.5. The fraction of sp³-hybridized carbons (Fsp3) is 0.0909. The van der Waals surface area contributed by atoms with Crippen LogP contribution in [-0.4, -0.2) is 27.1 Å². The molecular weight excluding hydrogens is 514 g/mol. The van der Waals surface area contributed by atoms with Crippen molar-refractivity contribution >= 4 is 51.0 Å². The maximum absolute atomic E-state index is 13.3. The van der Waals surface area contributed by atoms with Gasteiger partial charge in [-0.2, -0.15) is 18.3 Å². The number of rotatable bonds is 7. The van der Waals surface area contributed by atoms with Gasteiger partial charge in [-0.1, -0.05) is 65.7 Å². The van der Waals surface area contributed by atoms with Crippen LogP contribution in [0.25, 0.3) is 0 Å². The molecule has 0 aliphatic carbocycles. The summed E-state index contributed by atoms with van der Waals surface area (Å²) in [5, 5.41) is 3.52. The largest absolute Gasteiger partial charge is 0.417 e. The maximum Gasteiger partial charge on any atom is 0.417 e. The predicted molar refractivity (Wildman–Crippen MR) is 125 cm³/mol. The molecule has 34 heavy (non-hydrogen) atoms. The summed E-state index contributed by atoms with van der Waals surface area (Å²) in [7, 11) is -4.26. The molecule has 6 nitrogen and oxygen atoms in total. The summed E-state index contributed by atoms with van der Waals surface area (Å²) < 4.78 is 66.6. The third kappa shape index (κ3) is 5.88. The van der Waals surface area contributed by atoms with Crippen LogP contribution in [0.3, 0.4) is 0 Å². The van der Waals surface area contributed by atoms with Gasteiger partial charge in [0.05, 0.1) is 32.4 Å². The van der Waals surface area contributed by atoms with Crippen LogP contribution in [0.5, 0.6) is 0 Å². The second-order valence-electron chi connectivity index (χ2n) is 6.78. The third-order valence-corrected chi connectivity index (χ3v) is 7.06. The van der Waals surface area contributed by atoms with E-state index in [-0.39, 0.29) is 26.2 Å². The topological polar surface area (TPSA) is 78.8 Å². The molecular formula is C22H16Cl2F3N3O3S. The van der Waals surface area contributed by atoms with Gasteiger partial charge in [-0.25, -0.2) is 13.8 Å². The fourth-order valence-electron chi connectivity index (χ4n) is 2.91. The summed E-state index contributed by atoms with van der Waals surface area (Å²) in [6.45, 7) is -0.768. The van der Waals surface area contributed by atoms with E-state index in [1.807, 2.05) is 5.43 Å². The normalized spacial score (nSPS) is 12.0. The first kappa shape index (κ1) is 25.5. The van der Waals surface area contributed by atoms with Crippen molar-refractivity contribution < 1.29 is 26.4 Å². The number of carbonyl (C=O) groups excluding carboxylic acids is 1. The zero-order chi connectivity index (χ0) is 24.9. The van der Waals surface area contributed by atoms with Gasteiger partial charge in [-0.3, -0.25) is 9.10 Å². The molecule has 0 aliphatic heterocycles. The number of alkyl halides is 3. The minimum absolute atomic E-state index is 0.0560. The molecule has 0 spiro atoms. The van der Waals surface area contributed by atoms with Crippen LogP contribution in [0.15, 0.2) is 82.8 Å². The molecule has 0 fully saturated rings. The van der Waals surface area contributed by atoms with Crippen LogP contribution in [0.1, 0.15) is 11.1 Å². The minimum Gasteiger partial charge on any atom is -0.271 e. The van der Waals surface area contributed by atoms with Gasteiger partial charge in [0.2, 0.25) is 0 Å². The summed E-state index contributed by atoms with van der Waals surface area (Å²) in [5.41, 5.74) is 0.779. The van der Waals surface area contributed by atoms with Gasteiger partial charge in [0.25, 0.3) is 15.9 Å². The number of hydrogen-bond donors (Lipinski definition) is 1. The van der Waals surface area contributed by atoms with E-state index < -0.39 is 34.2 Å². The van der Waals surface area contributed by atoms with Gasteiger partial charge in [0, 0.05) is 5.56 Å². The number of carbonyl (C=O) groups is 1. The number of halogens is 5. The highest BCUT2D eigenvalue weighted by molar-refractivity contribution is 7.92. The monoisotopic (exact) mass is 529 g/mol. The third-order valence-electron chi connectivity index (χ3n) is 4.48. The van der Waals surface area contributed by atoms with E-state index >= 15 is 0 Å². The van der Waals surface area contributed by atoms with Gasteiger partial charge < -0.3 is 0 Å². The summed E-state index contributed by atoms with van der Waals surface area (Å²) in [6.07, 6.45) is -3.79. The van der Waals surface area contributed by atoms with E-state index in [9.17, 15) is 26.4 Å². The standard InChI is InChI=1S/C22H16Cl2F3N3O3S/c23-18-11-6-12-19(21(18)24)30(34(32,33)16-8-2-1-3-9-16)14-20(31)29-28-13-15-7-4-5-10-17(15)22(25,26)27/h1-13H,14H2,(H,29,31)/b28-13-. The van der Waals surface area contributed by atoms with E-state index in [1.165, 1.54) is 60.7 Å². The lowest BCUT2D eigenvalue weighted by Crippen LogP contribution is -2.39. The van der Waals surface area contributed by atoms with E-state index in [4.69, 9.17) is 23.2 Å². The Balaban J connectivity index is 1.89. The fourth-order valence-corrected chi connectivity index (χ4v) is 4.81. The predicted octanol–water partition coefficient (Wildman–Crippen LogP) is 5.36. The molecule has 0 bridgehead atoms. The molecule has 0 unspecified atom stereocenters. The van der Waals surface area contributed by atoms with Crippen molar-refractivity contribution in [1.82, 2.24) is 5.43 Å². The summed E-state index contributed by atoms with van der Waals surface area (Å²) in [5.74, 6) is -0.920. The molecule has 1 amide bonds. The van der Waals surface area contributed by atoms with E-state index in [0.717, 1.165) is 16.6 Å². The van der Waals surface area contributed by atoms with Crippen molar-refractivity contribution in [1.29, 1.82) is 0 Å². The van der Waals surface area contributed by atoms with Crippen molar-refractivity contribution in [3.05, 3.63) is 94.0 Å². The summed E-state index contributed by atoms with van der Waals surface area (Å²) in [4.78, 5) is 12.4. The Morgan fingerprint density at radius 1 is 0.971 bits per heavy atom. The van der Waals surface area contributed by atoms with Crippen LogP contribution in [0, 0.1) is 0 Å². The maximum atomic E-state index is 13.3. The summed E-state index contributed by atoms with van der Waals surface area (Å²) in [6, 6.07) is 16.2. The van der Waals surface area contributed by atoms with Crippen LogP contribution in [0.2, 0.25) is 10.0 Å². The first-order valence-corrected chi connectivity index (χ1v) is 11.7. The Labute approximate surface area is 203 Å². The van der Waals surface area contributed by atoms with Crippen molar-refractivity contribution in [2.45, 2.75) is 11.1 Å². The number of sulfonamides is 1. The lowest BCUT2D eigenvalue weighted by atomic mass is 10.1. The number of nitrogens with one attached hydrogen (secondary N) is 1. The molecule has 12 heteroatoms. The number of hydrazone groups is 1. The molecule has 0 saturated carbocycles. The number of amides is 1. The Hall–Kier alpha value is -3.08. The quantitative estimate of drug-likeness (QED) is 0.330. The zero-order valence-electron chi connectivity index (χ0n) is 17.1. The Kier molecular flexibility index (Phi) is 7.86. The minimum atomic E-state index is -4.61. The van der Waals surface area contributed by atoms with Gasteiger partial charge in [0.1, 0.15) is 6.54 Å². The van der Waals surface area contributed by atoms with Crippen molar-refractivity contribution in [2.24, 2.45) is 5.10 Å². The molecule has 0 atom stereocenters. The molecule has 0 aromatic heterocycles. The molecule has 3 aromatic carbocycles. The van der Waals surface area contributed by atoms with Gasteiger partial charge >= 0.3 is 6.18 Å². The second-order valence-corrected chi connectivity index (χ2v) is 9.42. The first-order valence-electron chi connectivity index (χ1n) is 9.51. The molecule has 3 aromatic rings. The lowest BCUT2D eigenvalue weighted by molar-refractivity contribution is -0.137. The van der Waals surface area contributed by atoms with Crippen LogP contribution in [-0.2, 0) is 21.0 Å². The highest BCUT2D eigenvalue weighted by Crippen LogP contribution is 2.35. The lowest BCUT2D eigenvalue weighted by Gasteiger charge is -2.24.